The molecular formula is C22H19N3O4. The summed E-state index contributed by atoms with van der Waals surface area (Å²) in [5.41, 5.74) is 2.18. The number of ether oxygens (including phenoxy) is 1. The van der Waals surface area contributed by atoms with Crippen molar-refractivity contribution >= 4 is 40.1 Å². The third-order valence-corrected chi connectivity index (χ3v) is 4.91. The Morgan fingerprint density at radius 1 is 0.966 bits per heavy atom. The summed E-state index contributed by atoms with van der Waals surface area (Å²) in [7, 11) is 1.30. The predicted octanol–water partition coefficient (Wildman–Crippen LogP) is 3.23. The van der Waals surface area contributed by atoms with Crippen LogP contribution in [0.4, 0.5) is 11.4 Å². The molecule has 0 aliphatic heterocycles. The number of esters is 1. The van der Waals surface area contributed by atoms with Gasteiger partial charge < -0.3 is 15.4 Å². The van der Waals surface area contributed by atoms with Crippen molar-refractivity contribution in [3.63, 3.8) is 0 Å². The second-order valence-electron chi connectivity index (χ2n) is 6.88. The summed E-state index contributed by atoms with van der Waals surface area (Å²) in [6, 6.07) is 15.8. The fourth-order valence-electron chi connectivity index (χ4n) is 3.28. The minimum absolute atomic E-state index is 0.202. The highest BCUT2D eigenvalue weighted by Crippen LogP contribution is 2.40. The molecule has 1 heterocycles. The van der Waals surface area contributed by atoms with Gasteiger partial charge in [0.1, 0.15) is 0 Å². The van der Waals surface area contributed by atoms with Gasteiger partial charge in [-0.05, 0) is 36.8 Å². The van der Waals surface area contributed by atoms with Gasteiger partial charge in [-0.3, -0.25) is 14.6 Å². The highest BCUT2D eigenvalue weighted by Gasteiger charge is 2.48. The second-order valence-corrected chi connectivity index (χ2v) is 6.88. The Kier molecular flexibility index (Phi) is 4.95. The van der Waals surface area contributed by atoms with Crippen molar-refractivity contribution in [2.75, 3.05) is 17.7 Å². The van der Waals surface area contributed by atoms with Gasteiger partial charge in [-0.15, -0.1) is 0 Å². The lowest BCUT2D eigenvalue weighted by Gasteiger charge is -2.08. The number of methoxy groups -OCH3 is 1. The van der Waals surface area contributed by atoms with Crippen LogP contribution in [0.3, 0.4) is 0 Å². The lowest BCUT2D eigenvalue weighted by Crippen LogP contribution is -2.21. The summed E-state index contributed by atoms with van der Waals surface area (Å²) < 4.78 is 4.68. The first kappa shape index (κ1) is 18.6. The van der Waals surface area contributed by atoms with Crippen molar-refractivity contribution in [2.45, 2.75) is 6.42 Å². The van der Waals surface area contributed by atoms with E-state index in [0.29, 0.717) is 28.9 Å². The van der Waals surface area contributed by atoms with E-state index in [2.05, 4.69) is 20.4 Å². The van der Waals surface area contributed by atoms with Crippen LogP contribution in [0.2, 0.25) is 0 Å². The van der Waals surface area contributed by atoms with Gasteiger partial charge in [0.2, 0.25) is 11.8 Å². The minimum Gasteiger partial charge on any atom is -0.465 e. The Morgan fingerprint density at radius 3 is 2.48 bits per heavy atom. The number of rotatable bonds is 5. The average molecular weight is 389 g/mol. The van der Waals surface area contributed by atoms with Crippen molar-refractivity contribution in [2.24, 2.45) is 11.8 Å². The highest BCUT2D eigenvalue weighted by atomic mass is 16.5. The monoisotopic (exact) mass is 389 g/mol. The number of fused-ring (bicyclic) bond motifs is 1. The molecule has 1 aliphatic carbocycles. The van der Waals surface area contributed by atoms with Crippen molar-refractivity contribution in [1.82, 2.24) is 4.98 Å². The van der Waals surface area contributed by atoms with E-state index >= 15 is 0 Å². The van der Waals surface area contributed by atoms with E-state index in [0.717, 1.165) is 5.39 Å². The molecular weight excluding hydrogens is 370 g/mol. The Balaban J connectivity index is 1.40. The van der Waals surface area contributed by atoms with Crippen molar-refractivity contribution < 1.29 is 19.1 Å². The lowest BCUT2D eigenvalue weighted by atomic mass is 10.2. The quantitative estimate of drug-likeness (QED) is 0.653. The summed E-state index contributed by atoms with van der Waals surface area (Å²) >= 11 is 0. The number of amides is 2. The molecule has 0 radical (unpaired) electrons. The molecule has 2 aromatic carbocycles. The number of aromatic nitrogens is 1. The van der Waals surface area contributed by atoms with E-state index in [9.17, 15) is 14.4 Å². The van der Waals surface area contributed by atoms with Crippen LogP contribution in [0.15, 0.2) is 60.8 Å². The number of carbonyl (C=O) groups is 3. The molecule has 146 valence electrons. The van der Waals surface area contributed by atoms with Gasteiger partial charge in [0.15, 0.2) is 0 Å². The van der Waals surface area contributed by atoms with E-state index in [1.165, 1.54) is 7.11 Å². The molecule has 1 saturated carbocycles. The molecule has 2 N–H and O–H groups in total. The van der Waals surface area contributed by atoms with Crippen LogP contribution in [0, 0.1) is 11.8 Å². The third kappa shape index (κ3) is 3.94. The van der Waals surface area contributed by atoms with Crippen LogP contribution in [0.5, 0.6) is 0 Å². The number of hydrogen-bond acceptors (Lipinski definition) is 5. The molecule has 1 aliphatic rings. The normalized spacial score (nSPS) is 17.4. The highest BCUT2D eigenvalue weighted by molar-refractivity contribution is 6.06. The van der Waals surface area contributed by atoms with Crippen LogP contribution in [0.1, 0.15) is 16.8 Å². The summed E-state index contributed by atoms with van der Waals surface area (Å²) in [5.74, 6) is -1.72. The SMILES string of the molecule is COC(=O)c1cccc(NC(=O)C2CC2C(=O)Nc2cccc3cccnc23)c1. The summed E-state index contributed by atoms with van der Waals surface area (Å²) in [6.45, 7) is 0. The number of nitrogens with one attached hydrogen (secondary N) is 2. The van der Waals surface area contributed by atoms with E-state index in [1.54, 1.807) is 36.5 Å². The number of pyridine rings is 1. The molecule has 2 unspecified atom stereocenters. The Bertz CT molecular complexity index is 1110. The van der Waals surface area contributed by atoms with Crippen molar-refractivity contribution in [3.8, 4) is 0 Å². The fourth-order valence-corrected chi connectivity index (χ4v) is 3.28. The minimum atomic E-state index is -0.478. The molecule has 0 spiro atoms. The maximum atomic E-state index is 12.6. The van der Waals surface area contributed by atoms with Crippen LogP contribution >= 0.6 is 0 Å². The van der Waals surface area contributed by atoms with Gasteiger partial charge in [-0.2, -0.15) is 0 Å². The van der Waals surface area contributed by atoms with Gasteiger partial charge in [0, 0.05) is 17.3 Å². The lowest BCUT2D eigenvalue weighted by molar-refractivity contribution is -0.122. The molecule has 1 fully saturated rings. The molecule has 4 rings (SSSR count). The zero-order chi connectivity index (χ0) is 20.4. The zero-order valence-electron chi connectivity index (χ0n) is 15.7. The average Bonchev–Trinajstić information content (AvgIpc) is 3.55. The molecule has 0 bridgehead atoms. The first-order chi connectivity index (χ1) is 14.1. The molecule has 0 saturated heterocycles. The Morgan fingerprint density at radius 2 is 1.69 bits per heavy atom. The first-order valence-corrected chi connectivity index (χ1v) is 9.20. The maximum absolute atomic E-state index is 12.6. The molecule has 2 amide bonds. The number of anilines is 2. The summed E-state index contributed by atoms with van der Waals surface area (Å²) in [4.78, 5) is 41.0. The third-order valence-electron chi connectivity index (χ3n) is 4.91. The van der Waals surface area contributed by atoms with Gasteiger partial charge in [-0.25, -0.2) is 4.79 Å². The molecule has 1 aromatic heterocycles. The topological polar surface area (TPSA) is 97.4 Å². The van der Waals surface area contributed by atoms with Crippen LogP contribution < -0.4 is 10.6 Å². The summed E-state index contributed by atoms with van der Waals surface area (Å²) in [5, 5.41) is 6.58. The first-order valence-electron chi connectivity index (χ1n) is 9.20. The van der Waals surface area contributed by atoms with Gasteiger partial charge in [-0.1, -0.05) is 24.3 Å². The Labute approximate surface area is 167 Å². The largest absolute Gasteiger partial charge is 0.465 e. The molecule has 3 aromatic rings. The van der Waals surface area contributed by atoms with Crippen molar-refractivity contribution in [1.29, 1.82) is 0 Å². The van der Waals surface area contributed by atoms with E-state index in [4.69, 9.17) is 0 Å². The van der Waals surface area contributed by atoms with E-state index < -0.39 is 17.8 Å². The number of benzene rings is 2. The smallest absolute Gasteiger partial charge is 0.337 e. The van der Waals surface area contributed by atoms with Gasteiger partial charge in [0.05, 0.1) is 35.7 Å². The van der Waals surface area contributed by atoms with E-state index in [1.807, 2.05) is 24.3 Å². The van der Waals surface area contributed by atoms with Gasteiger partial charge in [0.25, 0.3) is 0 Å². The standard InChI is InChI=1S/C22H19N3O4/c1-29-22(28)14-6-2-8-15(11-14)24-20(26)16-12-17(16)21(27)25-18-9-3-5-13-7-4-10-23-19(13)18/h2-11,16-17H,12H2,1H3,(H,24,26)(H,25,27). The number of hydrogen-bond donors (Lipinski definition) is 2. The van der Waals surface area contributed by atoms with E-state index in [-0.39, 0.29) is 11.8 Å². The number of nitrogens with zero attached hydrogens (tertiary/aromatic N) is 1. The molecule has 7 nitrogen and oxygen atoms in total. The maximum Gasteiger partial charge on any atom is 0.337 e. The van der Waals surface area contributed by atoms with Gasteiger partial charge >= 0.3 is 5.97 Å². The predicted molar refractivity (Wildman–Crippen MR) is 108 cm³/mol. The fraction of sp³-hybridized carbons (Fsp3) is 0.182. The second kappa shape index (κ2) is 7.71. The van der Waals surface area contributed by atoms with Crippen LogP contribution in [0.25, 0.3) is 10.9 Å². The molecule has 2 atom stereocenters. The Hall–Kier alpha value is -3.74. The summed E-state index contributed by atoms with van der Waals surface area (Å²) in [6.07, 6.45) is 2.15. The number of carbonyl (C=O) groups excluding carboxylic acids is 3. The zero-order valence-corrected chi connectivity index (χ0v) is 15.7. The van der Waals surface area contributed by atoms with Crippen LogP contribution in [-0.4, -0.2) is 29.9 Å². The van der Waals surface area contributed by atoms with Crippen molar-refractivity contribution in [3.05, 3.63) is 66.4 Å². The molecule has 7 heteroatoms. The van der Waals surface area contributed by atoms with Crippen LogP contribution in [-0.2, 0) is 14.3 Å². The number of para-hydroxylation sites is 1. The molecule has 29 heavy (non-hydrogen) atoms.